The molecule has 0 aliphatic heterocycles. The minimum Gasteiger partial charge on any atom is -0.481 e. The molecule has 0 fully saturated rings. The second-order valence-electron chi connectivity index (χ2n) is 6.30. The molecule has 1 rings (SSSR count). The van der Waals surface area contributed by atoms with Crippen molar-refractivity contribution in [2.75, 3.05) is 6.54 Å². The maximum Gasteiger partial charge on any atom is 0.260 e. The lowest BCUT2D eigenvalue weighted by Crippen LogP contribution is -2.41. The van der Waals surface area contributed by atoms with E-state index in [1.165, 1.54) is 0 Å². The molecular weight excluding hydrogens is 325 g/mol. The summed E-state index contributed by atoms with van der Waals surface area (Å²) in [6.45, 7) is 7.83. The maximum absolute atomic E-state index is 12.1. The van der Waals surface area contributed by atoms with Gasteiger partial charge in [0.1, 0.15) is 5.75 Å². The molecule has 2 unspecified atom stereocenters. The fourth-order valence-corrected chi connectivity index (χ4v) is 2.70. The number of hydrogen-bond donors (Lipinski definition) is 2. The smallest absolute Gasteiger partial charge is 0.260 e. The average molecular weight is 348 g/mol. The van der Waals surface area contributed by atoms with E-state index in [1.807, 2.05) is 13.8 Å². The van der Waals surface area contributed by atoms with Gasteiger partial charge in [0, 0.05) is 16.6 Å². The average Bonchev–Trinajstić information content (AvgIpc) is 2.33. The van der Waals surface area contributed by atoms with Crippen molar-refractivity contribution < 1.29 is 14.6 Å². The van der Waals surface area contributed by atoms with Gasteiger partial charge in [-0.15, -0.1) is 0 Å². The van der Waals surface area contributed by atoms with Crippen molar-refractivity contribution in [2.45, 2.75) is 46.3 Å². The zero-order valence-corrected chi connectivity index (χ0v) is 14.8. The van der Waals surface area contributed by atoms with E-state index in [1.54, 1.807) is 32.0 Å². The van der Waals surface area contributed by atoms with E-state index in [-0.39, 0.29) is 11.3 Å². The summed E-state index contributed by atoms with van der Waals surface area (Å²) in [4.78, 5) is 12.1. The third-order valence-electron chi connectivity index (χ3n) is 3.11. The van der Waals surface area contributed by atoms with Crippen LogP contribution in [0.25, 0.3) is 0 Å². The van der Waals surface area contributed by atoms with Crippen molar-refractivity contribution in [3.63, 3.8) is 0 Å². The predicted octanol–water partition coefficient (Wildman–Crippen LogP) is 3.67. The summed E-state index contributed by atoms with van der Waals surface area (Å²) in [6.07, 6.45) is -0.474. The summed E-state index contributed by atoms with van der Waals surface area (Å²) in [5.74, 6) is 0.221. The molecule has 4 nitrogen and oxygen atoms in total. The number of amides is 1. The molecule has 124 valence electrons. The Hall–Kier alpha value is -0.970. The molecule has 0 aromatic heterocycles. The molecule has 0 radical (unpaired) electrons. The molecule has 0 heterocycles. The topological polar surface area (TPSA) is 58.6 Å². The Kier molecular flexibility index (Phi) is 6.98. The van der Waals surface area contributed by atoms with Crippen LogP contribution in [0.4, 0.5) is 0 Å². The van der Waals surface area contributed by atoms with Gasteiger partial charge in [-0.1, -0.05) is 37.0 Å². The first kappa shape index (κ1) is 19.1. The Morgan fingerprint density at radius 3 is 2.32 bits per heavy atom. The fraction of sp³-hybridized carbons (Fsp3) is 0.562. The van der Waals surface area contributed by atoms with Crippen LogP contribution in [-0.4, -0.2) is 29.8 Å². The molecule has 2 N–H and O–H groups in total. The molecular formula is C16H23Cl2NO3. The highest BCUT2D eigenvalue weighted by Gasteiger charge is 2.23. The van der Waals surface area contributed by atoms with Crippen LogP contribution in [-0.2, 0) is 4.79 Å². The molecule has 1 aromatic rings. The third-order valence-corrected chi connectivity index (χ3v) is 3.54. The molecule has 0 bridgehead atoms. The van der Waals surface area contributed by atoms with Crippen LogP contribution in [0, 0.1) is 5.41 Å². The number of benzene rings is 1. The number of ether oxygens (including phenoxy) is 1. The highest BCUT2D eigenvalue weighted by molar-refractivity contribution is 6.34. The summed E-state index contributed by atoms with van der Waals surface area (Å²) in [5.41, 5.74) is -0.192. The second kappa shape index (κ2) is 8.04. The van der Waals surface area contributed by atoms with Gasteiger partial charge in [0.2, 0.25) is 0 Å². The Balaban J connectivity index is 2.55. The molecule has 6 heteroatoms. The SMILES string of the molecule is CC(O)CC(C)(C)CNC(=O)C(C)Oc1cc(Cl)cc(Cl)c1. The van der Waals surface area contributed by atoms with Crippen LogP contribution in [0.1, 0.15) is 34.1 Å². The standard InChI is InChI=1S/C16H23Cl2NO3/c1-10(20)8-16(3,4)9-19-15(21)11(2)22-14-6-12(17)5-13(18)7-14/h5-7,10-11,20H,8-9H2,1-4H3,(H,19,21). The summed E-state index contributed by atoms with van der Waals surface area (Å²) in [6, 6.07) is 4.81. The second-order valence-corrected chi connectivity index (χ2v) is 7.17. The molecule has 1 aromatic carbocycles. The predicted molar refractivity (Wildman–Crippen MR) is 89.6 cm³/mol. The molecule has 0 saturated heterocycles. The first-order valence-corrected chi connectivity index (χ1v) is 7.93. The lowest BCUT2D eigenvalue weighted by molar-refractivity contribution is -0.127. The van der Waals surface area contributed by atoms with E-state index in [0.29, 0.717) is 28.8 Å². The largest absolute Gasteiger partial charge is 0.481 e. The van der Waals surface area contributed by atoms with Crippen LogP contribution in [0.2, 0.25) is 10.0 Å². The molecule has 0 spiro atoms. The van der Waals surface area contributed by atoms with Crippen molar-refractivity contribution in [3.8, 4) is 5.75 Å². The van der Waals surface area contributed by atoms with Crippen LogP contribution < -0.4 is 10.1 Å². The van der Waals surface area contributed by atoms with E-state index in [0.717, 1.165) is 0 Å². The van der Waals surface area contributed by atoms with Gasteiger partial charge in [0.25, 0.3) is 5.91 Å². The number of carbonyl (C=O) groups excluding carboxylic acids is 1. The lowest BCUT2D eigenvalue weighted by Gasteiger charge is -2.27. The Morgan fingerprint density at radius 1 is 1.27 bits per heavy atom. The zero-order chi connectivity index (χ0) is 16.9. The van der Waals surface area contributed by atoms with Crippen molar-refractivity contribution in [3.05, 3.63) is 28.2 Å². The first-order valence-electron chi connectivity index (χ1n) is 7.17. The minimum absolute atomic E-state index is 0.192. The monoisotopic (exact) mass is 347 g/mol. The number of aliphatic hydroxyl groups excluding tert-OH is 1. The van der Waals surface area contributed by atoms with E-state index in [4.69, 9.17) is 27.9 Å². The van der Waals surface area contributed by atoms with Gasteiger partial charge < -0.3 is 15.2 Å². The van der Waals surface area contributed by atoms with Gasteiger partial charge >= 0.3 is 0 Å². The molecule has 0 saturated carbocycles. The van der Waals surface area contributed by atoms with E-state index < -0.39 is 12.2 Å². The summed E-state index contributed by atoms with van der Waals surface area (Å²) in [5, 5.41) is 13.2. The number of rotatable bonds is 7. The normalized spacial score (nSPS) is 14.3. The minimum atomic E-state index is -0.670. The molecule has 2 atom stereocenters. The Morgan fingerprint density at radius 2 is 1.82 bits per heavy atom. The molecule has 22 heavy (non-hydrogen) atoms. The van der Waals surface area contributed by atoms with Gasteiger partial charge in [0.05, 0.1) is 6.10 Å². The van der Waals surface area contributed by atoms with Gasteiger partial charge in [-0.25, -0.2) is 0 Å². The number of nitrogens with one attached hydrogen (secondary N) is 1. The highest BCUT2D eigenvalue weighted by atomic mass is 35.5. The summed E-state index contributed by atoms with van der Waals surface area (Å²) in [7, 11) is 0. The number of halogens is 2. The quantitative estimate of drug-likeness (QED) is 0.790. The van der Waals surface area contributed by atoms with Crippen molar-refractivity contribution in [1.82, 2.24) is 5.32 Å². The molecule has 0 aliphatic rings. The van der Waals surface area contributed by atoms with Gasteiger partial charge in [-0.3, -0.25) is 4.79 Å². The zero-order valence-electron chi connectivity index (χ0n) is 13.3. The first-order chi connectivity index (χ1) is 10.1. The van der Waals surface area contributed by atoms with Crippen molar-refractivity contribution in [2.24, 2.45) is 5.41 Å². The van der Waals surface area contributed by atoms with Crippen molar-refractivity contribution in [1.29, 1.82) is 0 Å². The van der Waals surface area contributed by atoms with Crippen LogP contribution in [0.5, 0.6) is 5.75 Å². The van der Waals surface area contributed by atoms with Crippen LogP contribution in [0.15, 0.2) is 18.2 Å². The van der Waals surface area contributed by atoms with Gasteiger partial charge in [-0.2, -0.15) is 0 Å². The fourth-order valence-electron chi connectivity index (χ4n) is 2.20. The Bertz CT molecular complexity index is 498. The number of carbonyl (C=O) groups is 1. The summed E-state index contributed by atoms with van der Waals surface area (Å²) < 4.78 is 5.55. The van der Waals surface area contributed by atoms with Gasteiger partial charge in [0.15, 0.2) is 6.10 Å². The van der Waals surface area contributed by atoms with Crippen LogP contribution >= 0.6 is 23.2 Å². The number of hydrogen-bond acceptors (Lipinski definition) is 3. The maximum atomic E-state index is 12.1. The summed E-state index contributed by atoms with van der Waals surface area (Å²) >= 11 is 11.8. The Labute approximate surface area is 141 Å². The molecule has 1 amide bonds. The lowest BCUT2D eigenvalue weighted by atomic mass is 9.87. The third kappa shape index (κ3) is 6.86. The van der Waals surface area contributed by atoms with E-state index in [9.17, 15) is 9.90 Å². The van der Waals surface area contributed by atoms with Crippen LogP contribution in [0.3, 0.4) is 0 Å². The van der Waals surface area contributed by atoms with E-state index >= 15 is 0 Å². The highest BCUT2D eigenvalue weighted by Crippen LogP contribution is 2.25. The van der Waals surface area contributed by atoms with E-state index in [2.05, 4.69) is 5.32 Å². The molecule has 0 aliphatic carbocycles. The van der Waals surface area contributed by atoms with Crippen molar-refractivity contribution >= 4 is 29.1 Å². The van der Waals surface area contributed by atoms with Gasteiger partial charge in [-0.05, 0) is 43.9 Å². The number of aliphatic hydroxyl groups is 1.